The van der Waals surface area contributed by atoms with Crippen LogP contribution < -0.4 is 0 Å². The summed E-state index contributed by atoms with van der Waals surface area (Å²) in [7, 11) is 0. The number of fused-ring (bicyclic) bond motifs is 4. The Balaban J connectivity index is 1.29. The SMILES string of the molecule is C1CCC2CC3CC4CC5CCCCC5CC4CC3CC2C1. The first kappa shape index (κ1) is 14.4. The highest BCUT2D eigenvalue weighted by molar-refractivity contribution is 4.97. The maximum atomic E-state index is 1.65. The molecule has 0 aromatic carbocycles. The van der Waals surface area contributed by atoms with Crippen LogP contribution in [-0.4, -0.2) is 0 Å². The van der Waals surface area contributed by atoms with Crippen molar-refractivity contribution in [2.75, 3.05) is 0 Å². The van der Waals surface area contributed by atoms with E-state index in [1.807, 2.05) is 0 Å². The third kappa shape index (κ3) is 2.48. The molecule has 5 fully saturated rings. The Bertz CT molecular complexity index is 325. The number of hydrogen-bond acceptors (Lipinski definition) is 0. The molecule has 8 atom stereocenters. The van der Waals surface area contributed by atoms with Gasteiger partial charge in [-0.1, -0.05) is 51.4 Å². The molecule has 0 aromatic rings. The Morgan fingerprint density at radius 1 is 0.273 bits per heavy atom. The predicted octanol–water partition coefficient (Wildman–Crippen LogP) is 6.45. The van der Waals surface area contributed by atoms with E-state index < -0.39 is 0 Å². The standard InChI is InChI=1S/C22H36/c1-2-6-16-10-20-14-22-12-18-8-4-3-7-17(18)11-21(22)13-19(20)9-15(16)5-1/h15-22H,1-14H2. The van der Waals surface area contributed by atoms with Gasteiger partial charge in [0.25, 0.3) is 0 Å². The average Bonchev–Trinajstić information content (AvgIpc) is 2.56. The highest BCUT2D eigenvalue weighted by atomic mass is 14.5. The van der Waals surface area contributed by atoms with Gasteiger partial charge in [-0.05, 0) is 85.9 Å². The largest absolute Gasteiger partial charge is 0.0530 e. The molecule has 0 saturated heterocycles. The Kier molecular flexibility index (Phi) is 3.79. The molecule has 0 aliphatic heterocycles. The quantitative estimate of drug-likeness (QED) is 0.482. The van der Waals surface area contributed by atoms with Crippen LogP contribution in [0.4, 0.5) is 0 Å². The molecular formula is C22H36. The lowest BCUT2D eigenvalue weighted by Crippen LogP contribution is -2.44. The molecule has 5 aliphatic carbocycles. The molecular weight excluding hydrogens is 264 g/mol. The fraction of sp³-hybridized carbons (Fsp3) is 1.00. The summed E-state index contributed by atoms with van der Waals surface area (Å²) in [6, 6.07) is 0. The first-order chi connectivity index (χ1) is 10.9. The van der Waals surface area contributed by atoms with Crippen LogP contribution in [0.2, 0.25) is 0 Å². The van der Waals surface area contributed by atoms with Gasteiger partial charge in [0.2, 0.25) is 0 Å². The van der Waals surface area contributed by atoms with Gasteiger partial charge in [0, 0.05) is 0 Å². The molecule has 0 bridgehead atoms. The van der Waals surface area contributed by atoms with Crippen LogP contribution in [0.25, 0.3) is 0 Å². The van der Waals surface area contributed by atoms with E-state index in [2.05, 4.69) is 0 Å². The van der Waals surface area contributed by atoms with Crippen LogP contribution in [0.1, 0.15) is 89.9 Å². The van der Waals surface area contributed by atoms with Crippen LogP contribution in [0.3, 0.4) is 0 Å². The third-order valence-corrected chi connectivity index (χ3v) is 9.10. The molecule has 8 unspecified atom stereocenters. The summed E-state index contributed by atoms with van der Waals surface area (Å²) < 4.78 is 0. The first-order valence-corrected chi connectivity index (χ1v) is 10.9. The molecule has 0 amide bonds. The molecule has 0 radical (unpaired) electrons. The van der Waals surface area contributed by atoms with Crippen LogP contribution in [0.5, 0.6) is 0 Å². The summed E-state index contributed by atoms with van der Waals surface area (Å²) in [6.07, 6.45) is 22.5. The topological polar surface area (TPSA) is 0 Å². The highest BCUT2D eigenvalue weighted by Gasteiger charge is 2.47. The molecule has 5 aliphatic rings. The monoisotopic (exact) mass is 300 g/mol. The van der Waals surface area contributed by atoms with Crippen molar-refractivity contribution in [1.29, 1.82) is 0 Å². The van der Waals surface area contributed by atoms with Crippen LogP contribution >= 0.6 is 0 Å². The first-order valence-electron chi connectivity index (χ1n) is 10.9. The van der Waals surface area contributed by atoms with Crippen LogP contribution in [0.15, 0.2) is 0 Å². The van der Waals surface area contributed by atoms with E-state index in [1.165, 1.54) is 0 Å². The molecule has 0 heteroatoms. The van der Waals surface area contributed by atoms with Gasteiger partial charge in [-0.15, -0.1) is 0 Å². The second-order valence-corrected chi connectivity index (χ2v) is 10.1. The fourth-order valence-corrected chi connectivity index (χ4v) is 8.07. The van der Waals surface area contributed by atoms with Gasteiger partial charge in [-0.2, -0.15) is 0 Å². The van der Waals surface area contributed by atoms with E-state index in [1.54, 1.807) is 89.9 Å². The summed E-state index contributed by atoms with van der Waals surface area (Å²) in [5.74, 6) is 9.22. The maximum absolute atomic E-state index is 1.65. The molecule has 22 heavy (non-hydrogen) atoms. The highest BCUT2D eigenvalue weighted by Crippen LogP contribution is 2.57. The molecule has 0 N–H and O–H groups in total. The van der Waals surface area contributed by atoms with Crippen LogP contribution in [0, 0.1) is 47.3 Å². The van der Waals surface area contributed by atoms with Gasteiger partial charge in [0.05, 0.1) is 0 Å². The van der Waals surface area contributed by atoms with Gasteiger partial charge in [0.15, 0.2) is 0 Å². The Morgan fingerprint density at radius 2 is 0.500 bits per heavy atom. The van der Waals surface area contributed by atoms with Crippen molar-refractivity contribution in [3.63, 3.8) is 0 Å². The van der Waals surface area contributed by atoms with Crippen molar-refractivity contribution in [2.24, 2.45) is 47.3 Å². The van der Waals surface area contributed by atoms with Gasteiger partial charge in [-0.25, -0.2) is 0 Å². The Hall–Kier alpha value is 0. The summed E-state index contributed by atoms with van der Waals surface area (Å²) >= 11 is 0. The van der Waals surface area contributed by atoms with Crippen molar-refractivity contribution >= 4 is 0 Å². The van der Waals surface area contributed by atoms with Crippen LogP contribution in [-0.2, 0) is 0 Å². The molecule has 5 rings (SSSR count). The average molecular weight is 301 g/mol. The summed E-state index contributed by atoms with van der Waals surface area (Å²) in [5.41, 5.74) is 0. The zero-order valence-electron chi connectivity index (χ0n) is 14.5. The minimum atomic E-state index is 1.15. The molecule has 0 nitrogen and oxygen atoms in total. The molecule has 124 valence electrons. The number of rotatable bonds is 0. The van der Waals surface area contributed by atoms with Crippen molar-refractivity contribution < 1.29 is 0 Å². The third-order valence-electron chi connectivity index (χ3n) is 9.10. The minimum Gasteiger partial charge on any atom is -0.0530 e. The van der Waals surface area contributed by atoms with Gasteiger partial charge >= 0.3 is 0 Å². The zero-order chi connectivity index (χ0) is 14.5. The van der Waals surface area contributed by atoms with E-state index >= 15 is 0 Å². The van der Waals surface area contributed by atoms with Crippen molar-refractivity contribution in [2.45, 2.75) is 89.9 Å². The van der Waals surface area contributed by atoms with Crippen molar-refractivity contribution in [1.82, 2.24) is 0 Å². The van der Waals surface area contributed by atoms with Gasteiger partial charge in [-0.3, -0.25) is 0 Å². The van der Waals surface area contributed by atoms with E-state index in [4.69, 9.17) is 0 Å². The van der Waals surface area contributed by atoms with Gasteiger partial charge in [0.1, 0.15) is 0 Å². The van der Waals surface area contributed by atoms with Crippen molar-refractivity contribution in [3.8, 4) is 0 Å². The fourth-order valence-electron chi connectivity index (χ4n) is 8.07. The Morgan fingerprint density at radius 3 is 0.773 bits per heavy atom. The van der Waals surface area contributed by atoms with E-state index in [-0.39, 0.29) is 0 Å². The zero-order valence-corrected chi connectivity index (χ0v) is 14.5. The second-order valence-electron chi connectivity index (χ2n) is 10.1. The Labute approximate surface area is 137 Å². The predicted molar refractivity (Wildman–Crippen MR) is 92.6 cm³/mol. The molecule has 5 saturated carbocycles. The van der Waals surface area contributed by atoms with E-state index in [0.29, 0.717) is 0 Å². The lowest BCUT2D eigenvalue weighted by molar-refractivity contribution is -0.0332. The van der Waals surface area contributed by atoms with E-state index in [0.717, 1.165) is 47.3 Å². The lowest BCUT2D eigenvalue weighted by atomic mass is 9.52. The van der Waals surface area contributed by atoms with Crippen molar-refractivity contribution in [3.05, 3.63) is 0 Å². The summed E-state index contributed by atoms with van der Waals surface area (Å²) in [6.45, 7) is 0. The van der Waals surface area contributed by atoms with E-state index in [9.17, 15) is 0 Å². The molecule has 0 aromatic heterocycles. The smallest absolute Gasteiger partial charge is 0.0380 e. The minimum absolute atomic E-state index is 1.15. The van der Waals surface area contributed by atoms with Gasteiger partial charge < -0.3 is 0 Å². The second kappa shape index (κ2) is 5.82. The summed E-state index contributed by atoms with van der Waals surface area (Å²) in [5, 5.41) is 0. The maximum Gasteiger partial charge on any atom is -0.0380 e. The lowest BCUT2D eigenvalue weighted by Gasteiger charge is -2.54. The molecule has 0 heterocycles. The normalized spacial score (nSPS) is 54.5. The number of hydrogen-bond donors (Lipinski definition) is 0. The summed E-state index contributed by atoms with van der Waals surface area (Å²) in [4.78, 5) is 0. The molecule has 0 spiro atoms.